The van der Waals surface area contributed by atoms with E-state index >= 15 is 0 Å². The average molecular weight is 877 g/mol. The zero-order valence-electron chi connectivity index (χ0n) is 41.9. The number of nitrogens with zero attached hydrogens (tertiary/aromatic N) is 1. The van der Waals surface area contributed by atoms with Crippen molar-refractivity contribution in [2.45, 2.75) is 168 Å². The summed E-state index contributed by atoms with van der Waals surface area (Å²) in [6, 6.07) is 38.6. The Labute approximate surface area is 394 Å². The highest BCUT2D eigenvalue weighted by Gasteiger charge is 2.40. The van der Waals surface area contributed by atoms with Crippen LogP contribution in [0.4, 0.5) is 28.4 Å². The highest BCUT2D eigenvalue weighted by Crippen LogP contribution is 2.53. The lowest BCUT2D eigenvalue weighted by atomic mass is 9.62. The van der Waals surface area contributed by atoms with Crippen LogP contribution in [0.25, 0.3) is 31.3 Å². The van der Waals surface area contributed by atoms with Crippen molar-refractivity contribution < 1.29 is 0 Å². The van der Waals surface area contributed by atoms with Gasteiger partial charge >= 0.3 is 0 Å². The Balaban J connectivity index is 1.22. The largest absolute Gasteiger partial charge is 0.355 e. The summed E-state index contributed by atoms with van der Waals surface area (Å²) in [5.41, 5.74) is 22.0. The Bertz CT molecular complexity index is 3060. The molecule has 0 bridgehead atoms. The first kappa shape index (κ1) is 44.0. The van der Waals surface area contributed by atoms with E-state index in [4.69, 9.17) is 0 Å². The molecule has 7 aromatic rings. The number of fused-ring (bicyclic) bond motifs is 6. The summed E-state index contributed by atoms with van der Waals surface area (Å²) in [6.45, 7) is 33.9. The standard InChI is InChI=1S/C62H72N2S/c1-37-29-45(46-34-47-44-17-15-16-18-56(44)65-57(47)36-53(46)63-41-19-21-43-38(2)23-24-58(5,6)49(43)32-41)40(4)55(30-37)64(42-20-22-48-51(33-42)61(11,12)26-25-59(48,7)8)54-35-52-50(31-39(54)3)60(9,10)27-28-62(52,13)14/h15-22,29-36,38,63H,23-28H2,1-14H3. The van der Waals surface area contributed by atoms with Gasteiger partial charge in [0.15, 0.2) is 0 Å². The Hall–Kier alpha value is -4.86. The third-order valence-corrected chi connectivity index (χ3v) is 18.0. The van der Waals surface area contributed by atoms with Crippen LogP contribution < -0.4 is 10.2 Å². The van der Waals surface area contributed by atoms with E-state index < -0.39 is 0 Å². The van der Waals surface area contributed by atoms with Gasteiger partial charge in [0.1, 0.15) is 0 Å². The van der Waals surface area contributed by atoms with Gasteiger partial charge in [-0.1, -0.05) is 119 Å². The van der Waals surface area contributed by atoms with Crippen LogP contribution in [0.15, 0.2) is 97.1 Å². The van der Waals surface area contributed by atoms with E-state index in [1.807, 2.05) is 11.3 Å². The molecule has 0 radical (unpaired) electrons. The molecule has 0 aliphatic heterocycles. The van der Waals surface area contributed by atoms with Crippen LogP contribution in [0.2, 0.25) is 0 Å². The summed E-state index contributed by atoms with van der Waals surface area (Å²) in [7, 11) is 0. The second-order valence-electron chi connectivity index (χ2n) is 24.0. The van der Waals surface area contributed by atoms with Crippen molar-refractivity contribution in [1.82, 2.24) is 0 Å². The number of hydrogen-bond acceptors (Lipinski definition) is 3. The Morgan fingerprint density at radius 2 is 1.15 bits per heavy atom. The highest BCUT2D eigenvalue weighted by atomic mass is 32.1. The van der Waals surface area contributed by atoms with Crippen LogP contribution in [-0.2, 0) is 27.1 Å². The number of aryl methyl sites for hydroxylation is 2. The molecule has 3 heteroatoms. The summed E-state index contributed by atoms with van der Waals surface area (Å²) < 4.78 is 2.64. The minimum atomic E-state index is 0.0802. The molecule has 2 nitrogen and oxygen atoms in total. The highest BCUT2D eigenvalue weighted by molar-refractivity contribution is 7.25. The van der Waals surface area contributed by atoms with Crippen LogP contribution >= 0.6 is 11.3 Å². The van der Waals surface area contributed by atoms with Crippen molar-refractivity contribution in [1.29, 1.82) is 0 Å². The van der Waals surface area contributed by atoms with Gasteiger partial charge in [0.2, 0.25) is 0 Å². The van der Waals surface area contributed by atoms with Gasteiger partial charge in [-0.3, -0.25) is 0 Å². The second kappa shape index (κ2) is 15.1. The molecular weight excluding hydrogens is 805 g/mol. The topological polar surface area (TPSA) is 15.3 Å². The van der Waals surface area contributed by atoms with Gasteiger partial charge in [0.25, 0.3) is 0 Å². The number of benzene rings is 6. The molecule has 3 aliphatic rings. The fourth-order valence-corrected chi connectivity index (χ4v) is 13.3. The maximum Gasteiger partial charge on any atom is 0.0499 e. The number of anilines is 5. The molecular formula is C62H72N2S. The monoisotopic (exact) mass is 877 g/mol. The number of hydrogen-bond donors (Lipinski definition) is 1. The maximum atomic E-state index is 4.07. The van der Waals surface area contributed by atoms with Gasteiger partial charge in [0, 0.05) is 54.2 Å². The minimum absolute atomic E-state index is 0.0802. The van der Waals surface area contributed by atoms with Gasteiger partial charge < -0.3 is 10.2 Å². The fourth-order valence-electron chi connectivity index (χ4n) is 12.2. The van der Waals surface area contributed by atoms with Gasteiger partial charge in [0.05, 0.1) is 0 Å². The minimum Gasteiger partial charge on any atom is -0.355 e. The van der Waals surface area contributed by atoms with Crippen LogP contribution in [0.3, 0.4) is 0 Å². The van der Waals surface area contributed by atoms with Crippen LogP contribution in [0.5, 0.6) is 0 Å². The first-order chi connectivity index (χ1) is 30.5. The molecule has 1 atom stereocenters. The normalized spacial score (nSPS) is 19.9. The summed E-state index contributed by atoms with van der Waals surface area (Å²) >= 11 is 1.90. The fraction of sp³-hybridized carbons (Fsp3) is 0.419. The van der Waals surface area contributed by atoms with Gasteiger partial charge in [-0.2, -0.15) is 0 Å². The van der Waals surface area contributed by atoms with Gasteiger partial charge in [-0.25, -0.2) is 0 Å². The second-order valence-corrected chi connectivity index (χ2v) is 25.1. The number of thiophene rings is 1. The predicted molar refractivity (Wildman–Crippen MR) is 285 cm³/mol. The van der Waals surface area contributed by atoms with Crippen molar-refractivity contribution in [2.24, 2.45) is 0 Å². The third kappa shape index (κ3) is 7.34. The van der Waals surface area contributed by atoms with E-state index in [-0.39, 0.29) is 27.1 Å². The molecule has 0 saturated heterocycles. The third-order valence-electron chi connectivity index (χ3n) is 16.9. The molecule has 3 aliphatic carbocycles. The van der Waals surface area contributed by atoms with E-state index in [0.717, 1.165) is 11.4 Å². The van der Waals surface area contributed by atoms with E-state index in [1.165, 1.54) is 137 Å². The average Bonchev–Trinajstić information content (AvgIpc) is 3.61. The van der Waals surface area contributed by atoms with E-state index in [9.17, 15) is 0 Å². The predicted octanol–water partition coefficient (Wildman–Crippen LogP) is 18.7. The van der Waals surface area contributed by atoms with Gasteiger partial charge in [-0.05, 0) is 203 Å². The molecule has 1 N–H and O–H groups in total. The summed E-state index contributed by atoms with van der Waals surface area (Å²) in [5, 5.41) is 6.72. The SMILES string of the molecule is Cc1cc(-c2cc3c(cc2Nc2ccc4c(c2)C(C)(C)CCC4C)sc2ccccc23)c(C)c(N(c2ccc3c(c2)C(C)(C)CCC3(C)C)c2cc3c(cc2C)C(C)(C)CCC3(C)C)c1. The van der Waals surface area contributed by atoms with Crippen molar-refractivity contribution in [2.75, 3.05) is 10.2 Å². The smallest absolute Gasteiger partial charge is 0.0499 e. The summed E-state index contributed by atoms with van der Waals surface area (Å²) in [6.07, 6.45) is 7.22. The summed E-state index contributed by atoms with van der Waals surface area (Å²) in [5.74, 6) is 0.581. The lowest BCUT2D eigenvalue weighted by Crippen LogP contribution is -2.34. The van der Waals surface area contributed by atoms with Crippen LogP contribution in [-0.4, -0.2) is 0 Å². The van der Waals surface area contributed by atoms with Crippen molar-refractivity contribution in [3.63, 3.8) is 0 Å². The first-order valence-electron chi connectivity index (χ1n) is 24.6. The summed E-state index contributed by atoms with van der Waals surface area (Å²) in [4.78, 5) is 2.65. The van der Waals surface area contributed by atoms with Crippen LogP contribution in [0.1, 0.15) is 171 Å². The van der Waals surface area contributed by atoms with Crippen LogP contribution in [0, 0.1) is 20.8 Å². The molecule has 0 saturated carbocycles. The Kier molecular flexibility index (Phi) is 10.2. The Morgan fingerprint density at radius 1 is 0.523 bits per heavy atom. The lowest BCUT2D eigenvalue weighted by Gasteiger charge is -2.44. The Morgan fingerprint density at radius 3 is 1.86 bits per heavy atom. The number of nitrogens with one attached hydrogen (secondary N) is 1. The van der Waals surface area contributed by atoms with E-state index in [0.29, 0.717) is 5.92 Å². The molecule has 336 valence electrons. The van der Waals surface area contributed by atoms with E-state index in [1.54, 1.807) is 0 Å². The zero-order valence-corrected chi connectivity index (χ0v) is 42.7. The first-order valence-corrected chi connectivity index (χ1v) is 25.5. The van der Waals surface area contributed by atoms with Crippen molar-refractivity contribution in [3.05, 3.63) is 147 Å². The number of rotatable bonds is 6. The van der Waals surface area contributed by atoms with E-state index in [2.05, 4.69) is 204 Å². The lowest BCUT2D eigenvalue weighted by molar-refractivity contribution is 0.331. The molecule has 0 fully saturated rings. The molecule has 0 spiro atoms. The van der Waals surface area contributed by atoms with Gasteiger partial charge in [-0.15, -0.1) is 11.3 Å². The molecule has 6 aromatic carbocycles. The molecule has 1 heterocycles. The molecule has 1 aromatic heterocycles. The van der Waals surface area contributed by atoms with Crippen molar-refractivity contribution >= 4 is 59.9 Å². The zero-order chi connectivity index (χ0) is 46.2. The maximum absolute atomic E-state index is 4.07. The van der Waals surface area contributed by atoms with Crippen molar-refractivity contribution in [3.8, 4) is 11.1 Å². The molecule has 0 amide bonds. The molecule has 65 heavy (non-hydrogen) atoms. The quantitative estimate of drug-likeness (QED) is 0.179. The molecule has 10 rings (SSSR count). The molecule has 1 unspecified atom stereocenters.